The Hall–Kier alpha value is -3.21. The van der Waals surface area contributed by atoms with Gasteiger partial charge in [-0.05, 0) is 56.3 Å². The predicted octanol–water partition coefficient (Wildman–Crippen LogP) is 5.69. The van der Waals surface area contributed by atoms with Crippen LogP contribution in [0.25, 0.3) is 0 Å². The van der Waals surface area contributed by atoms with Gasteiger partial charge >= 0.3 is 0 Å². The van der Waals surface area contributed by atoms with Crippen LogP contribution >= 0.6 is 0 Å². The molecule has 0 fully saturated rings. The van der Waals surface area contributed by atoms with Gasteiger partial charge in [0.1, 0.15) is 17.2 Å². The van der Waals surface area contributed by atoms with Crippen molar-refractivity contribution in [3.63, 3.8) is 0 Å². The quantitative estimate of drug-likeness (QED) is 0.503. The fourth-order valence-electron chi connectivity index (χ4n) is 2.63. The summed E-state index contributed by atoms with van der Waals surface area (Å²) in [4.78, 5) is 14.2. The number of benzene rings is 2. The molecule has 0 radical (unpaired) electrons. The van der Waals surface area contributed by atoms with E-state index in [0.29, 0.717) is 12.2 Å². The number of carbonyl (C=O) groups excluding carboxylic acids is 1. The van der Waals surface area contributed by atoms with Crippen LogP contribution in [0.1, 0.15) is 24.2 Å². The molecule has 0 aliphatic carbocycles. The number of hydrogen-bond donors (Lipinski definition) is 1. The van der Waals surface area contributed by atoms with E-state index in [4.69, 9.17) is 0 Å². The van der Waals surface area contributed by atoms with E-state index in [1.165, 1.54) is 6.07 Å². The second kappa shape index (κ2) is 9.48. The molecule has 2 aromatic carbocycles. The van der Waals surface area contributed by atoms with Gasteiger partial charge in [-0.1, -0.05) is 24.3 Å². The summed E-state index contributed by atoms with van der Waals surface area (Å²) in [6, 6.07) is 10.3. The Kier molecular flexibility index (Phi) is 7.06. The fraction of sp³-hybridized carbons (Fsp3) is 0.136. The van der Waals surface area contributed by atoms with Gasteiger partial charge in [0, 0.05) is 23.6 Å². The second-order valence-corrected chi connectivity index (χ2v) is 5.71. The summed E-state index contributed by atoms with van der Waals surface area (Å²) in [6.07, 6.45) is 7.72. The number of halogens is 2. The minimum absolute atomic E-state index is 0.443. The molecule has 2 aromatic rings. The van der Waals surface area contributed by atoms with Crippen molar-refractivity contribution in [2.45, 2.75) is 13.8 Å². The Morgan fingerprint density at radius 2 is 1.74 bits per heavy atom. The number of amides is 1. The molecule has 140 valence electrons. The number of carbonyl (C=O) groups is 1. The lowest BCUT2D eigenvalue weighted by atomic mass is 10.1. The van der Waals surface area contributed by atoms with Crippen LogP contribution in [0.15, 0.2) is 79.0 Å². The van der Waals surface area contributed by atoms with Crippen LogP contribution < -0.4 is 10.2 Å². The van der Waals surface area contributed by atoms with E-state index in [-0.39, 0.29) is 0 Å². The zero-order chi connectivity index (χ0) is 19.8. The van der Waals surface area contributed by atoms with Crippen molar-refractivity contribution >= 4 is 17.3 Å². The highest BCUT2D eigenvalue weighted by atomic mass is 19.1. The summed E-state index contributed by atoms with van der Waals surface area (Å²) in [5, 5.41) is 2.52. The lowest BCUT2D eigenvalue weighted by Gasteiger charge is -2.24. The first-order valence-corrected chi connectivity index (χ1v) is 8.54. The molecule has 0 saturated heterocycles. The van der Waals surface area contributed by atoms with E-state index in [0.717, 1.165) is 23.5 Å². The highest BCUT2D eigenvalue weighted by Gasteiger charge is 2.17. The van der Waals surface area contributed by atoms with Crippen molar-refractivity contribution in [1.29, 1.82) is 0 Å². The SMILES string of the molecule is C=CCN(C(=C\C)/C=C/C)c1ccc(NC(=O)c2c(F)cccc2F)cc1. The standard InChI is InChI=1S/C22H22F2N2O/c1-4-8-17(6-3)26(15-5-2)18-13-11-16(12-14-18)25-22(27)21-19(23)9-7-10-20(21)24/h4-14H,2,15H2,1,3H3,(H,25,27)/b8-4+,17-6-. The average molecular weight is 368 g/mol. The van der Waals surface area contributed by atoms with Gasteiger partial charge in [-0.3, -0.25) is 4.79 Å². The molecule has 0 atom stereocenters. The van der Waals surface area contributed by atoms with Crippen molar-refractivity contribution in [1.82, 2.24) is 0 Å². The van der Waals surface area contributed by atoms with Gasteiger partial charge in [-0.2, -0.15) is 0 Å². The average Bonchev–Trinajstić information content (AvgIpc) is 2.65. The Morgan fingerprint density at radius 3 is 2.26 bits per heavy atom. The number of nitrogens with zero attached hydrogens (tertiary/aromatic N) is 1. The highest BCUT2D eigenvalue weighted by molar-refractivity contribution is 6.04. The van der Waals surface area contributed by atoms with Gasteiger partial charge < -0.3 is 10.2 Å². The first-order valence-electron chi connectivity index (χ1n) is 8.54. The molecular formula is C22H22F2N2O. The number of hydrogen-bond acceptors (Lipinski definition) is 2. The molecule has 0 aliphatic heterocycles. The van der Waals surface area contributed by atoms with E-state index in [2.05, 4.69) is 16.8 Å². The first-order chi connectivity index (χ1) is 13.0. The minimum atomic E-state index is -0.898. The summed E-state index contributed by atoms with van der Waals surface area (Å²) in [5.41, 5.74) is 1.75. The smallest absolute Gasteiger partial charge is 0.261 e. The number of rotatable bonds is 7. The van der Waals surface area contributed by atoms with Crippen LogP contribution in [0.5, 0.6) is 0 Å². The normalized spacial score (nSPS) is 11.5. The van der Waals surface area contributed by atoms with Crippen LogP contribution in [-0.4, -0.2) is 12.5 Å². The molecule has 0 aliphatic rings. The van der Waals surface area contributed by atoms with Gasteiger partial charge in [0.05, 0.1) is 0 Å². The maximum Gasteiger partial charge on any atom is 0.261 e. The lowest BCUT2D eigenvalue weighted by Crippen LogP contribution is -2.21. The summed E-state index contributed by atoms with van der Waals surface area (Å²) in [7, 11) is 0. The number of allylic oxidation sites excluding steroid dienone is 3. The molecule has 0 saturated carbocycles. The molecule has 5 heteroatoms. The summed E-state index contributed by atoms with van der Waals surface area (Å²) < 4.78 is 27.5. The summed E-state index contributed by atoms with van der Waals surface area (Å²) in [6.45, 7) is 8.28. The van der Waals surface area contributed by atoms with Crippen LogP contribution in [0.2, 0.25) is 0 Å². The second-order valence-electron chi connectivity index (χ2n) is 5.71. The van der Waals surface area contributed by atoms with Gasteiger partial charge in [0.15, 0.2) is 0 Å². The molecule has 0 heterocycles. The summed E-state index contributed by atoms with van der Waals surface area (Å²) in [5.74, 6) is -2.62. The number of nitrogens with one attached hydrogen (secondary N) is 1. The zero-order valence-electron chi connectivity index (χ0n) is 15.4. The Morgan fingerprint density at radius 1 is 1.11 bits per heavy atom. The Bertz CT molecular complexity index is 850. The molecule has 2 rings (SSSR count). The molecule has 0 spiro atoms. The van der Waals surface area contributed by atoms with Crippen LogP contribution in [0.4, 0.5) is 20.2 Å². The third-order valence-corrected chi connectivity index (χ3v) is 3.88. The lowest BCUT2D eigenvalue weighted by molar-refractivity contribution is 0.101. The fourth-order valence-corrected chi connectivity index (χ4v) is 2.63. The van der Waals surface area contributed by atoms with E-state index >= 15 is 0 Å². The Labute approximate surface area is 158 Å². The number of anilines is 2. The van der Waals surface area contributed by atoms with Crippen molar-refractivity contribution in [3.05, 3.63) is 96.2 Å². The maximum absolute atomic E-state index is 13.7. The molecule has 1 amide bonds. The third-order valence-electron chi connectivity index (χ3n) is 3.88. The third kappa shape index (κ3) is 4.91. The first kappa shape index (κ1) is 20.1. The van der Waals surface area contributed by atoms with E-state index in [1.54, 1.807) is 18.2 Å². The van der Waals surface area contributed by atoms with Gasteiger partial charge in [0.2, 0.25) is 0 Å². The van der Waals surface area contributed by atoms with Gasteiger partial charge in [0.25, 0.3) is 5.91 Å². The van der Waals surface area contributed by atoms with E-state index in [9.17, 15) is 13.6 Å². The monoisotopic (exact) mass is 368 g/mol. The highest BCUT2D eigenvalue weighted by Crippen LogP contribution is 2.23. The van der Waals surface area contributed by atoms with Gasteiger partial charge in [-0.25, -0.2) is 8.78 Å². The predicted molar refractivity (Wildman–Crippen MR) is 107 cm³/mol. The van der Waals surface area contributed by atoms with Crippen LogP contribution in [-0.2, 0) is 0 Å². The van der Waals surface area contributed by atoms with Crippen molar-refractivity contribution in [3.8, 4) is 0 Å². The molecule has 1 N–H and O–H groups in total. The molecule has 0 unspecified atom stereocenters. The largest absolute Gasteiger partial charge is 0.338 e. The van der Waals surface area contributed by atoms with Crippen LogP contribution in [0, 0.1) is 11.6 Å². The van der Waals surface area contributed by atoms with Crippen LogP contribution in [0.3, 0.4) is 0 Å². The molecule has 27 heavy (non-hydrogen) atoms. The molecule has 3 nitrogen and oxygen atoms in total. The molecule has 0 aromatic heterocycles. The van der Waals surface area contributed by atoms with Crippen molar-refractivity contribution < 1.29 is 13.6 Å². The minimum Gasteiger partial charge on any atom is -0.338 e. The van der Waals surface area contributed by atoms with Gasteiger partial charge in [-0.15, -0.1) is 6.58 Å². The topological polar surface area (TPSA) is 32.3 Å². The summed E-state index contributed by atoms with van der Waals surface area (Å²) >= 11 is 0. The van der Waals surface area contributed by atoms with Crippen molar-refractivity contribution in [2.24, 2.45) is 0 Å². The zero-order valence-corrected chi connectivity index (χ0v) is 15.4. The molecular weight excluding hydrogens is 346 g/mol. The maximum atomic E-state index is 13.7. The van der Waals surface area contributed by atoms with E-state index in [1.807, 2.05) is 44.2 Å². The van der Waals surface area contributed by atoms with Crippen molar-refractivity contribution in [2.75, 3.05) is 16.8 Å². The Balaban J connectivity index is 2.23. The van der Waals surface area contributed by atoms with E-state index < -0.39 is 23.1 Å². The molecule has 0 bridgehead atoms.